The zero-order valence-corrected chi connectivity index (χ0v) is 14.9. The van der Waals surface area contributed by atoms with E-state index in [2.05, 4.69) is 4.98 Å². The molecule has 4 nitrogen and oxygen atoms in total. The SMILES string of the molecule is O=C(c1cccnc1)N1CCCC(c2cccc(-c3ccccc3F)n2)C1. The number of piperidine rings is 1. The van der Waals surface area contributed by atoms with E-state index in [0.717, 1.165) is 25.1 Å². The van der Waals surface area contributed by atoms with E-state index in [1.165, 1.54) is 6.07 Å². The molecule has 1 saturated heterocycles. The van der Waals surface area contributed by atoms with E-state index in [0.29, 0.717) is 23.4 Å². The third-order valence-corrected chi connectivity index (χ3v) is 4.96. The molecule has 1 aromatic carbocycles. The molecule has 1 amide bonds. The van der Waals surface area contributed by atoms with Crippen molar-refractivity contribution in [2.75, 3.05) is 13.1 Å². The molecule has 1 unspecified atom stereocenters. The molecule has 1 aliphatic rings. The van der Waals surface area contributed by atoms with Crippen LogP contribution in [0, 0.1) is 5.82 Å². The molecule has 5 heteroatoms. The van der Waals surface area contributed by atoms with Crippen LogP contribution in [0.15, 0.2) is 67.0 Å². The minimum absolute atomic E-state index is 0.00180. The summed E-state index contributed by atoms with van der Waals surface area (Å²) in [6.45, 7) is 1.35. The van der Waals surface area contributed by atoms with E-state index < -0.39 is 0 Å². The van der Waals surface area contributed by atoms with Gasteiger partial charge in [0.1, 0.15) is 5.82 Å². The van der Waals surface area contributed by atoms with Crippen LogP contribution in [-0.2, 0) is 0 Å². The molecule has 2 aromatic heterocycles. The zero-order valence-electron chi connectivity index (χ0n) is 14.9. The van der Waals surface area contributed by atoms with E-state index in [-0.39, 0.29) is 17.6 Å². The van der Waals surface area contributed by atoms with Crippen LogP contribution in [0.2, 0.25) is 0 Å². The summed E-state index contributed by atoms with van der Waals surface area (Å²) in [5.74, 6) is -0.136. The summed E-state index contributed by atoms with van der Waals surface area (Å²) in [5, 5.41) is 0. The minimum atomic E-state index is -0.279. The lowest BCUT2D eigenvalue weighted by Gasteiger charge is -2.32. The largest absolute Gasteiger partial charge is 0.338 e. The third kappa shape index (κ3) is 3.72. The van der Waals surface area contributed by atoms with Crippen LogP contribution >= 0.6 is 0 Å². The molecule has 0 bridgehead atoms. The number of carbonyl (C=O) groups is 1. The minimum Gasteiger partial charge on any atom is -0.338 e. The molecule has 1 fully saturated rings. The molecule has 3 heterocycles. The summed E-state index contributed by atoms with van der Waals surface area (Å²) < 4.78 is 14.1. The fraction of sp³-hybridized carbons (Fsp3) is 0.227. The predicted molar refractivity (Wildman–Crippen MR) is 102 cm³/mol. The van der Waals surface area contributed by atoms with Gasteiger partial charge in [0.15, 0.2) is 0 Å². The van der Waals surface area contributed by atoms with Gasteiger partial charge in [-0.2, -0.15) is 0 Å². The first-order chi connectivity index (χ1) is 13.2. The van der Waals surface area contributed by atoms with E-state index in [1.807, 2.05) is 29.2 Å². The standard InChI is InChI=1S/C22H20FN3O/c23-19-9-2-1-8-18(19)21-11-3-10-20(25-21)17-7-5-13-26(15-17)22(27)16-6-4-12-24-14-16/h1-4,6,8-12,14,17H,5,7,13,15H2. The first-order valence-electron chi connectivity index (χ1n) is 9.13. The number of hydrogen-bond acceptors (Lipinski definition) is 3. The molecule has 0 radical (unpaired) electrons. The highest BCUT2D eigenvalue weighted by molar-refractivity contribution is 5.94. The van der Waals surface area contributed by atoms with Crippen molar-refractivity contribution in [1.29, 1.82) is 0 Å². The Morgan fingerprint density at radius 1 is 1.07 bits per heavy atom. The quantitative estimate of drug-likeness (QED) is 0.699. The number of halogens is 1. The normalized spacial score (nSPS) is 16.9. The molecule has 4 rings (SSSR count). The fourth-order valence-electron chi connectivity index (χ4n) is 3.57. The third-order valence-electron chi connectivity index (χ3n) is 4.96. The highest BCUT2D eigenvalue weighted by Crippen LogP contribution is 2.29. The molecule has 1 aliphatic heterocycles. The maximum atomic E-state index is 14.1. The number of amides is 1. The number of pyridine rings is 2. The van der Waals surface area contributed by atoms with Crippen molar-refractivity contribution in [3.8, 4) is 11.3 Å². The Bertz CT molecular complexity index is 945. The Labute approximate surface area is 157 Å². The van der Waals surface area contributed by atoms with Crippen LogP contribution in [-0.4, -0.2) is 33.9 Å². The summed E-state index contributed by atoms with van der Waals surface area (Å²) in [7, 11) is 0. The van der Waals surface area contributed by atoms with Crippen LogP contribution < -0.4 is 0 Å². The average molecular weight is 361 g/mol. The Balaban J connectivity index is 1.56. The van der Waals surface area contributed by atoms with Crippen LogP contribution in [0.25, 0.3) is 11.3 Å². The smallest absolute Gasteiger partial charge is 0.255 e. The van der Waals surface area contributed by atoms with Gasteiger partial charge < -0.3 is 4.90 Å². The summed E-state index contributed by atoms with van der Waals surface area (Å²) in [6, 6.07) is 15.9. The number of hydrogen-bond donors (Lipinski definition) is 0. The highest BCUT2D eigenvalue weighted by Gasteiger charge is 2.26. The van der Waals surface area contributed by atoms with Crippen molar-refractivity contribution in [1.82, 2.24) is 14.9 Å². The first-order valence-corrected chi connectivity index (χ1v) is 9.13. The lowest BCUT2D eigenvalue weighted by molar-refractivity contribution is 0.0705. The molecule has 27 heavy (non-hydrogen) atoms. The molecule has 0 aliphatic carbocycles. The summed E-state index contributed by atoms with van der Waals surface area (Å²) in [4.78, 5) is 23.3. The number of benzene rings is 1. The zero-order chi connectivity index (χ0) is 18.6. The monoisotopic (exact) mass is 361 g/mol. The van der Waals surface area contributed by atoms with Crippen molar-refractivity contribution in [3.63, 3.8) is 0 Å². The van der Waals surface area contributed by atoms with Gasteiger partial charge in [0.2, 0.25) is 0 Å². The van der Waals surface area contributed by atoms with Crippen LogP contribution in [0.4, 0.5) is 4.39 Å². The van der Waals surface area contributed by atoms with E-state index in [9.17, 15) is 9.18 Å². The second kappa shape index (κ2) is 7.66. The summed E-state index contributed by atoms with van der Waals surface area (Å²) in [5.41, 5.74) is 2.63. The van der Waals surface area contributed by atoms with Crippen molar-refractivity contribution in [2.24, 2.45) is 0 Å². The Morgan fingerprint density at radius 2 is 1.96 bits per heavy atom. The number of carbonyl (C=O) groups excluding carboxylic acids is 1. The molecule has 3 aromatic rings. The number of aromatic nitrogens is 2. The van der Waals surface area contributed by atoms with Crippen LogP contribution in [0.1, 0.15) is 34.8 Å². The molecular weight excluding hydrogens is 341 g/mol. The first kappa shape index (κ1) is 17.3. The lowest BCUT2D eigenvalue weighted by atomic mass is 9.93. The van der Waals surface area contributed by atoms with Gasteiger partial charge in [0, 0.05) is 42.7 Å². The molecule has 0 saturated carbocycles. The van der Waals surface area contributed by atoms with Crippen molar-refractivity contribution >= 4 is 5.91 Å². The maximum absolute atomic E-state index is 14.1. The number of nitrogens with zero attached hydrogens (tertiary/aromatic N) is 3. The van der Waals surface area contributed by atoms with Crippen LogP contribution in [0.3, 0.4) is 0 Å². The Hall–Kier alpha value is -3.08. The average Bonchev–Trinajstić information content (AvgIpc) is 2.74. The number of rotatable bonds is 3. The van der Waals surface area contributed by atoms with E-state index in [4.69, 9.17) is 4.98 Å². The van der Waals surface area contributed by atoms with Crippen molar-refractivity contribution in [3.05, 3.63) is 84.1 Å². The van der Waals surface area contributed by atoms with Crippen molar-refractivity contribution < 1.29 is 9.18 Å². The highest BCUT2D eigenvalue weighted by atomic mass is 19.1. The van der Waals surface area contributed by atoms with E-state index >= 15 is 0 Å². The molecule has 0 spiro atoms. The van der Waals surface area contributed by atoms with Gasteiger partial charge in [0.05, 0.1) is 11.3 Å². The lowest BCUT2D eigenvalue weighted by Crippen LogP contribution is -2.39. The van der Waals surface area contributed by atoms with Gasteiger partial charge in [-0.05, 0) is 49.2 Å². The Morgan fingerprint density at radius 3 is 2.78 bits per heavy atom. The van der Waals surface area contributed by atoms with Crippen LogP contribution in [0.5, 0.6) is 0 Å². The summed E-state index contributed by atoms with van der Waals surface area (Å²) in [6.07, 6.45) is 5.14. The Kier molecular flexibility index (Phi) is 4.92. The molecular formula is C22H20FN3O. The molecule has 0 N–H and O–H groups in total. The van der Waals surface area contributed by atoms with Gasteiger partial charge in [-0.1, -0.05) is 18.2 Å². The van der Waals surface area contributed by atoms with Gasteiger partial charge in [-0.3, -0.25) is 14.8 Å². The van der Waals surface area contributed by atoms with Crippen molar-refractivity contribution in [2.45, 2.75) is 18.8 Å². The second-order valence-electron chi connectivity index (χ2n) is 6.76. The maximum Gasteiger partial charge on any atom is 0.255 e. The van der Waals surface area contributed by atoms with Gasteiger partial charge in [-0.15, -0.1) is 0 Å². The summed E-state index contributed by atoms with van der Waals surface area (Å²) >= 11 is 0. The van der Waals surface area contributed by atoms with Gasteiger partial charge >= 0.3 is 0 Å². The molecule has 1 atom stereocenters. The van der Waals surface area contributed by atoms with E-state index in [1.54, 1.807) is 36.7 Å². The topological polar surface area (TPSA) is 46.1 Å². The second-order valence-corrected chi connectivity index (χ2v) is 6.76. The number of likely N-dealkylation sites (tertiary alicyclic amines) is 1. The van der Waals surface area contributed by atoms with Gasteiger partial charge in [0.25, 0.3) is 5.91 Å². The fourth-order valence-corrected chi connectivity index (χ4v) is 3.57. The molecule has 136 valence electrons. The predicted octanol–water partition coefficient (Wildman–Crippen LogP) is 4.30. The van der Waals surface area contributed by atoms with Gasteiger partial charge in [-0.25, -0.2) is 4.39 Å².